The molecule has 1 aromatic carbocycles. The minimum absolute atomic E-state index is 0.722. The van der Waals surface area contributed by atoms with Gasteiger partial charge in [0.2, 0.25) is 0 Å². The summed E-state index contributed by atoms with van der Waals surface area (Å²) >= 11 is 3.51. The molecule has 2 aromatic rings. The van der Waals surface area contributed by atoms with Crippen molar-refractivity contribution >= 4 is 33.3 Å². The van der Waals surface area contributed by atoms with E-state index >= 15 is 0 Å². The van der Waals surface area contributed by atoms with Gasteiger partial charge in [0.15, 0.2) is 5.82 Å². The molecule has 0 bridgehead atoms. The fourth-order valence-corrected chi connectivity index (χ4v) is 1.91. The lowest BCUT2D eigenvalue weighted by Gasteiger charge is -2.09. The Hall–Kier alpha value is -1.62. The normalized spacial score (nSPS) is 10.2. The second-order valence-corrected chi connectivity index (χ2v) is 4.78. The first kappa shape index (κ1) is 12.8. The summed E-state index contributed by atoms with van der Waals surface area (Å²) in [6.45, 7) is 4.91. The average Bonchev–Trinajstić information content (AvgIpc) is 2.35. The van der Waals surface area contributed by atoms with Crippen LogP contribution in [0, 0.1) is 6.92 Å². The summed E-state index contributed by atoms with van der Waals surface area (Å²) in [7, 11) is 0. The second kappa shape index (κ2) is 5.82. The minimum atomic E-state index is 0.722. The molecule has 0 amide bonds. The van der Waals surface area contributed by atoms with E-state index in [-0.39, 0.29) is 0 Å². The van der Waals surface area contributed by atoms with Gasteiger partial charge in [0.05, 0.1) is 18.1 Å². The Morgan fingerprint density at radius 3 is 2.78 bits per heavy atom. The van der Waals surface area contributed by atoms with Gasteiger partial charge in [-0.15, -0.1) is 0 Å². The molecule has 0 atom stereocenters. The van der Waals surface area contributed by atoms with E-state index in [2.05, 4.69) is 55.6 Å². The monoisotopic (exact) mass is 306 g/mol. The van der Waals surface area contributed by atoms with Gasteiger partial charge in [0.25, 0.3) is 0 Å². The van der Waals surface area contributed by atoms with E-state index < -0.39 is 0 Å². The Bertz CT molecular complexity index is 542. The molecule has 0 aliphatic heterocycles. The zero-order valence-electron chi connectivity index (χ0n) is 10.4. The van der Waals surface area contributed by atoms with Crippen LogP contribution in [-0.4, -0.2) is 16.5 Å². The van der Waals surface area contributed by atoms with Gasteiger partial charge in [-0.1, -0.05) is 6.07 Å². The van der Waals surface area contributed by atoms with Gasteiger partial charge in [-0.25, -0.2) is 4.98 Å². The first-order valence-electron chi connectivity index (χ1n) is 5.78. The quantitative estimate of drug-likeness (QED) is 0.904. The van der Waals surface area contributed by atoms with E-state index in [1.165, 1.54) is 5.56 Å². The van der Waals surface area contributed by atoms with Crippen molar-refractivity contribution in [3.8, 4) is 0 Å². The molecule has 0 unspecified atom stereocenters. The smallest absolute Gasteiger partial charge is 0.151 e. The summed E-state index contributed by atoms with van der Waals surface area (Å²) in [4.78, 5) is 8.57. The maximum atomic E-state index is 4.42. The highest BCUT2D eigenvalue weighted by Crippen LogP contribution is 2.26. The number of aryl methyl sites for hydroxylation is 1. The predicted octanol–water partition coefficient (Wildman–Crippen LogP) is 3.72. The molecule has 94 valence electrons. The lowest BCUT2D eigenvalue weighted by atomic mass is 10.2. The van der Waals surface area contributed by atoms with Crippen molar-refractivity contribution in [2.45, 2.75) is 13.8 Å². The number of rotatable bonds is 4. The van der Waals surface area contributed by atoms with Crippen LogP contribution in [0.25, 0.3) is 0 Å². The number of hydrogen-bond acceptors (Lipinski definition) is 4. The van der Waals surface area contributed by atoms with Crippen LogP contribution in [0.5, 0.6) is 0 Å². The van der Waals surface area contributed by atoms with Crippen molar-refractivity contribution in [2.24, 2.45) is 0 Å². The van der Waals surface area contributed by atoms with Gasteiger partial charge in [-0.3, -0.25) is 4.98 Å². The topological polar surface area (TPSA) is 49.8 Å². The summed E-state index contributed by atoms with van der Waals surface area (Å²) in [5.74, 6) is 1.49. The molecular weight excluding hydrogens is 292 g/mol. The van der Waals surface area contributed by atoms with Crippen LogP contribution in [0.3, 0.4) is 0 Å². The first-order valence-corrected chi connectivity index (χ1v) is 6.57. The second-order valence-electron chi connectivity index (χ2n) is 3.93. The Balaban J connectivity index is 2.22. The standard InChI is InChI=1S/C13H15BrN4/c1-3-16-12-7-15-8-13(18-12)17-11-6-9(2)4-5-10(11)14/h4-8H,3H2,1-2H3,(H2,16,17,18). The number of aromatic nitrogens is 2. The molecule has 0 fully saturated rings. The Kier molecular flexibility index (Phi) is 4.15. The molecule has 4 nitrogen and oxygen atoms in total. The lowest BCUT2D eigenvalue weighted by molar-refractivity contribution is 1.12. The zero-order chi connectivity index (χ0) is 13.0. The Morgan fingerprint density at radius 1 is 1.22 bits per heavy atom. The highest BCUT2D eigenvalue weighted by molar-refractivity contribution is 9.10. The van der Waals surface area contributed by atoms with Gasteiger partial charge < -0.3 is 10.6 Å². The van der Waals surface area contributed by atoms with Crippen LogP contribution < -0.4 is 10.6 Å². The Labute approximate surface area is 115 Å². The molecule has 0 saturated heterocycles. The van der Waals surface area contributed by atoms with E-state index in [9.17, 15) is 0 Å². The maximum absolute atomic E-state index is 4.42. The molecule has 0 aliphatic carbocycles. The molecule has 2 N–H and O–H groups in total. The van der Waals surface area contributed by atoms with Gasteiger partial charge in [0, 0.05) is 11.0 Å². The summed E-state index contributed by atoms with van der Waals surface area (Å²) in [5.41, 5.74) is 2.18. The van der Waals surface area contributed by atoms with Crippen molar-refractivity contribution in [3.63, 3.8) is 0 Å². The SMILES string of the molecule is CCNc1cncc(Nc2cc(C)ccc2Br)n1. The van der Waals surface area contributed by atoms with Gasteiger partial charge in [-0.2, -0.15) is 0 Å². The molecule has 0 spiro atoms. The van der Waals surface area contributed by atoms with Crippen molar-refractivity contribution < 1.29 is 0 Å². The minimum Gasteiger partial charge on any atom is -0.369 e. The molecule has 0 aliphatic rings. The number of anilines is 3. The number of hydrogen-bond donors (Lipinski definition) is 2. The molecule has 0 saturated carbocycles. The fourth-order valence-electron chi connectivity index (χ4n) is 1.57. The van der Waals surface area contributed by atoms with Crippen molar-refractivity contribution in [3.05, 3.63) is 40.6 Å². The van der Waals surface area contributed by atoms with Crippen LogP contribution in [0.15, 0.2) is 35.1 Å². The largest absolute Gasteiger partial charge is 0.369 e. The van der Waals surface area contributed by atoms with Gasteiger partial charge in [-0.05, 0) is 47.5 Å². The molecule has 18 heavy (non-hydrogen) atoms. The van der Waals surface area contributed by atoms with Crippen molar-refractivity contribution in [1.29, 1.82) is 0 Å². The third kappa shape index (κ3) is 3.20. The van der Waals surface area contributed by atoms with Crippen molar-refractivity contribution in [1.82, 2.24) is 9.97 Å². The fraction of sp³-hybridized carbons (Fsp3) is 0.231. The highest BCUT2D eigenvalue weighted by Gasteiger charge is 2.03. The summed E-state index contributed by atoms with van der Waals surface area (Å²) in [6, 6.07) is 6.13. The molecule has 2 rings (SSSR count). The molecule has 1 aromatic heterocycles. The first-order chi connectivity index (χ1) is 8.69. The molecule has 1 heterocycles. The zero-order valence-corrected chi connectivity index (χ0v) is 12.0. The van der Waals surface area contributed by atoms with E-state index in [4.69, 9.17) is 0 Å². The van der Waals surface area contributed by atoms with E-state index in [0.29, 0.717) is 0 Å². The summed E-state index contributed by atoms with van der Waals surface area (Å²) in [5, 5.41) is 6.39. The van der Waals surface area contributed by atoms with Gasteiger partial charge >= 0.3 is 0 Å². The van der Waals surface area contributed by atoms with E-state index in [1.54, 1.807) is 12.4 Å². The number of nitrogens with one attached hydrogen (secondary N) is 2. The number of nitrogens with zero attached hydrogens (tertiary/aromatic N) is 2. The number of halogens is 1. The van der Waals surface area contributed by atoms with Crippen LogP contribution in [0.1, 0.15) is 12.5 Å². The third-order valence-corrected chi connectivity index (χ3v) is 3.07. The lowest BCUT2D eigenvalue weighted by Crippen LogP contribution is -2.02. The molecular formula is C13H15BrN4. The molecule has 0 radical (unpaired) electrons. The van der Waals surface area contributed by atoms with Crippen LogP contribution >= 0.6 is 15.9 Å². The van der Waals surface area contributed by atoms with Crippen LogP contribution in [-0.2, 0) is 0 Å². The van der Waals surface area contributed by atoms with E-state index in [1.807, 2.05) is 13.0 Å². The van der Waals surface area contributed by atoms with Gasteiger partial charge in [0.1, 0.15) is 5.82 Å². The van der Waals surface area contributed by atoms with Crippen molar-refractivity contribution in [2.75, 3.05) is 17.2 Å². The van der Waals surface area contributed by atoms with Crippen LogP contribution in [0.2, 0.25) is 0 Å². The third-order valence-electron chi connectivity index (χ3n) is 2.38. The van der Waals surface area contributed by atoms with Crippen LogP contribution in [0.4, 0.5) is 17.3 Å². The maximum Gasteiger partial charge on any atom is 0.151 e. The highest BCUT2D eigenvalue weighted by atomic mass is 79.9. The molecule has 5 heteroatoms. The average molecular weight is 307 g/mol. The predicted molar refractivity (Wildman–Crippen MR) is 78.4 cm³/mol. The number of benzene rings is 1. The summed E-state index contributed by atoms with van der Waals surface area (Å²) in [6.07, 6.45) is 3.41. The summed E-state index contributed by atoms with van der Waals surface area (Å²) < 4.78 is 1.00. The Morgan fingerprint density at radius 2 is 2.00 bits per heavy atom. The van der Waals surface area contributed by atoms with E-state index in [0.717, 1.165) is 28.3 Å².